The summed E-state index contributed by atoms with van der Waals surface area (Å²) in [6.07, 6.45) is 2.60. The van der Waals surface area contributed by atoms with E-state index in [1.165, 1.54) is 23.5 Å². The van der Waals surface area contributed by atoms with E-state index >= 15 is 0 Å². The fraction of sp³-hybridized carbons (Fsp3) is 0.444. The van der Waals surface area contributed by atoms with Crippen molar-refractivity contribution in [3.63, 3.8) is 0 Å². The molecular weight excluding hydrogens is 342 g/mol. The summed E-state index contributed by atoms with van der Waals surface area (Å²) >= 11 is 7.75. The Morgan fingerprint density at radius 2 is 2.04 bits per heavy atom. The maximum atomic E-state index is 12.5. The fourth-order valence-corrected chi connectivity index (χ4v) is 4.18. The molecule has 6 heteroatoms. The quantitative estimate of drug-likeness (QED) is 0.834. The zero-order valence-corrected chi connectivity index (χ0v) is 15.0. The van der Waals surface area contributed by atoms with Gasteiger partial charge < -0.3 is 4.90 Å². The van der Waals surface area contributed by atoms with Gasteiger partial charge >= 0.3 is 0 Å². The van der Waals surface area contributed by atoms with Crippen LogP contribution >= 0.6 is 22.9 Å². The summed E-state index contributed by atoms with van der Waals surface area (Å²) in [5.41, 5.74) is 1.95. The molecule has 0 bridgehead atoms. The van der Waals surface area contributed by atoms with E-state index in [4.69, 9.17) is 16.6 Å². The SMILES string of the molecule is O=C(c1cccc(Cl)c1)N1CCN(Cc2nc(C3CC3)cs2)CC1. The maximum absolute atomic E-state index is 12.5. The topological polar surface area (TPSA) is 36.4 Å². The van der Waals surface area contributed by atoms with Crippen LogP contribution in [0.15, 0.2) is 29.6 Å². The van der Waals surface area contributed by atoms with Crippen molar-refractivity contribution in [2.75, 3.05) is 26.2 Å². The molecule has 2 aromatic rings. The van der Waals surface area contributed by atoms with Crippen LogP contribution in [0.4, 0.5) is 0 Å². The van der Waals surface area contributed by atoms with E-state index in [-0.39, 0.29) is 5.91 Å². The van der Waals surface area contributed by atoms with Gasteiger partial charge in [-0.05, 0) is 31.0 Å². The van der Waals surface area contributed by atoms with E-state index in [0.717, 1.165) is 38.6 Å². The Kier molecular flexibility index (Phi) is 4.57. The molecule has 1 aromatic carbocycles. The molecule has 1 aliphatic carbocycles. The lowest BCUT2D eigenvalue weighted by atomic mass is 10.2. The van der Waals surface area contributed by atoms with Gasteiger partial charge in [0.05, 0.1) is 12.2 Å². The molecular formula is C18H20ClN3OS. The smallest absolute Gasteiger partial charge is 0.253 e. The van der Waals surface area contributed by atoms with Crippen LogP contribution in [-0.2, 0) is 6.54 Å². The molecule has 0 atom stereocenters. The first-order chi connectivity index (χ1) is 11.7. The Morgan fingerprint density at radius 3 is 2.75 bits per heavy atom. The van der Waals surface area contributed by atoms with E-state index in [2.05, 4.69) is 10.3 Å². The number of aromatic nitrogens is 1. The minimum absolute atomic E-state index is 0.0717. The van der Waals surface area contributed by atoms with Gasteiger partial charge in [-0.3, -0.25) is 9.69 Å². The largest absolute Gasteiger partial charge is 0.336 e. The van der Waals surface area contributed by atoms with Gasteiger partial charge in [-0.1, -0.05) is 17.7 Å². The van der Waals surface area contributed by atoms with Crippen molar-refractivity contribution in [2.45, 2.75) is 25.3 Å². The molecule has 126 valence electrons. The fourth-order valence-electron chi connectivity index (χ4n) is 3.07. The van der Waals surface area contributed by atoms with Crippen molar-refractivity contribution in [1.29, 1.82) is 0 Å². The second-order valence-electron chi connectivity index (χ2n) is 6.52. The Labute approximate surface area is 151 Å². The highest BCUT2D eigenvalue weighted by Crippen LogP contribution is 2.40. The molecule has 2 aliphatic rings. The number of rotatable bonds is 4. The van der Waals surface area contributed by atoms with Crippen LogP contribution in [0.3, 0.4) is 0 Å². The first-order valence-corrected chi connectivity index (χ1v) is 9.66. The Bertz CT molecular complexity index is 735. The van der Waals surface area contributed by atoms with Crippen molar-refractivity contribution in [2.24, 2.45) is 0 Å². The van der Waals surface area contributed by atoms with Crippen molar-refractivity contribution in [1.82, 2.24) is 14.8 Å². The van der Waals surface area contributed by atoms with Gasteiger partial charge in [0.1, 0.15) is 5.01 Å². The average Bonchev–Trinajstić information content (AvgIpc) is 3.35. The first kappa shape index (κ1) is 16.1. The van der Waals surface area contributed by atoms with Gasteiger partial charge in [0.15, 0.2) is 0 Å². The van der Waals surface area contributed by atoms with Gasteiger partial charge in [-0.25, -0.2) is 4.98 Å². The molecule has 1 saturated carbocycles. The summed E-state index contributed by atoms with van der Waals surface area (Å²) in [6.45, 7) is 4.20. The van der Waals surface area contributed by atoms with Gasteiger partial charge in [0.25, 0.3) is 5.91 Å². The van der Waals surface area contributed by atoms with E-state index in [1.54, 1.807) is 23.5 Å². The lowest BCUT2D eigenvalue weighted by Crippen LogP contribution is -2.48. The van der Waals surface area contributed by atoms with Crippen LogP contribution in [0.2, 0.25) is 5.02 Å². The first-order valence-electron chi connectivity index (χ1n) is 8.40. The third-order valence-corrected chi connectivity index (χ3v) is 5.74. The number of hydrogen-bond donors (Lipinski definition) is 0. The highest BCUT2D eigenvalue weighted by molar-refractivity contribution is 7.09. The number of nitrogens with zero attached hydrogens (tertiary/aromatic N) is 3. The number of thiazole rings is 1. The van der Waals surface area contributed by atoms with Crippen LogP contribution in [0.1, 0.15) is 39.8 Å². The molecule has 0 spiro atoms. The predicted octanol–water partition coefficient (Wildman–Crippen LogP) is 3.63. The minimum atomic E-state index is 0.0717. The van der Waals surface area contributed by atoms with Crippen LogP contribution in [0.5, 0.6) is 0 Å². The zero-order chi connectivity index (χ0) is 16.5. The Morgan fingerprint density at radius 1 is 1.25 bits per heavy atom. The highest BCUT2D eigenvalue weighted by Gasteiger charge is 2.27. The van der Waals surface area contributed by atoms with Gasteiger partial charge in [0.2, 0.25) is 0 Å². The Hall–Kier alpha value is -1.43. The molecule has 0 unspecified atom stereocenters. The average molecular weight is 362 g/mol. The summed E-state index contributed by atoms with van der Waals surface area (Å²) in [4.78, 5) is 21.6. The van der Waals surface area contributed by atoms with Gasteiger partial charge in [-0.15, -0.1) is 11.3 Å². The van der Waals surface area contributed by atoms with Crippen molar-refractivity contribution < 1.29 is 4.79 Å². The summed E-state index contributed by atoms with van der Waals surface area (Å²) in [6, 6.07) is 7.19. The van der Waals surface area contributed by atoms with E-state index in [0.29, 0.717) is 10.6 Å². The number of benzene rings is 1. The van der Waals surface area contributed by atoms with Crippen molar-refractivity contribution >= 4 is 28.8 Å². The van der Waals surface area contributed by atoms with Crippen LogP contribution < -0.4 is 0 Å². The Balaban J connectivity index is 1.31. The van der Waals surface area contributed by atoms with E-state index in [9.17, 15) is 4.79 Å². The monoisotopic (exact) mass is 361 g/mol. The number of halogens is 1. The molecule has 24 heavy (non-hydrogen) atoms. The second kappa shape index (κ2) is 6.82. The number of piperazine rings is 1. The molecule has 0 radical (unpaired) electrons. The summed E-state index contributed by atoms with van der Waals surface area (Å²) < 4.78 is 0. The number of hydrogen-bond acceptors (Lipinski definition) is 4. The molecule has 1 aliphatic heterocycles. The van der Waals surface area contributed by atoms with E-state index < -0.39 is 0 Å². The number of carbonyl (C=O) groups is 1. The van der Waals surface area contributed by atoms with Crippen LogP contribution in [0, 0.1) is 0 Å². The third-order valence-electron chi connectivity index (χ3n) is 4.66. The van der Waals surface area contributed by atoms with Crippen molar-refractivity contribution in [3.8, 4) is 0 Å². The van der Waals surface area contributed by atoms with Crippen molar-refractivity contribution in [3.05, 3.63) is 50.9 Å². The molecule has 4 nitrogen and oxygen atoms in total. The molecule has 2 heterocycles. The van der Waals surface area contributed by atoms with Gasteiger partial charge in [-0.2, -0.15) is 0 Å². The normalized spacial score (nSPS) is 18.8. The predicted molar refractivity (Wildman–Crippen MR) is 96.7 cm³/mol. The third kappa shape index (κ3) is 3.63. The number of amides is 1. The lowest BCUT2D eigenvalue weighted by Gasteiger charge is -2.34. The highest BCUT2D eigenvalue weighted by atomic mass is 35.5. The molecule has 1 amide bonds. The summed E-state index contributed by atoms with van der Waals surface area (Å²) in [5, 5.41) is 4.02. The van der Waals surface area contributed by atoms with Crippen LogP contribution in [-0.4, -0.2) is 46.9 Å². The lowest BCUT2D eigenvalue weighted by molar-refractivity contribution is 0.0628. The maximum Gasteiger partial charge on any atom is 0.253 e. The van der Waals surface area contributed by atoms with Crippen LogP contribution in [0.25, 0.3) is 0 Å². The van der Waals surface area contributed by atoms with Gasteiger partial charge in [0, 0.05) is 48.1 Å². The molecule has 0 N–H and O–H groups in total. The minimum Gasteiger partial charge on any atom is -0.336 e. The second-order valence-corrected chi connectivity index (χ2v) is 7.90. The number of carbonyl (C=O) groups excluding carboxylic acids is 1. The standard InChI is InChI=1S/C18H20ClN3OS/c19-15-3-1-2-14(10-15)18(23)22-8-6-21(7-9-22)11-17-20-16(12-24-17)13-4-5-13/h1-3,10,12-13H,4-9,11H2. The van der Waals surface area contributed by atoms with E-state index in [1.807, 2.05) is 17.0 Å². The summed E-state index contributed by atoms with van der Waals surface area (Å²) in [7, 11) is 0. The molecule has 1 saturated heterocycles. The molecule has 4 rings (SSSR count). The summed E-state index contributed by atoms with van der Waals surface area (Å²) in [5.74, 6) is 0.796. The zero-order valence-electron chi connectivity index (χ0n) is 13.4. The molecule has 2 fully saturated rings. The molecule has 1 aromatic heterocycles.